The topological polar surface area (TPSA) is 78.3 Å². The Labute approximate surface area is 266 Å². The molecule has 2 heterocycles. The second kappa shape index (κ2) is 14.2. The number of hydrogen-bond acceptors (Lipinski definition) is 6. The standard InChI is InChI=1S/C37H42N2O5S/c1-6-35(38-20-19-29-22-27(4)36(42-5)34(23-29)43-25-28-12-8-7-9-13-28)44-31-15-17-32(18-16-31)45(40,41)37-33(26(2)3)24-30-14-10-11-21-39(30)37/h7-18,21-24,26,35,38H,6,19-20,25H2,1-5H3. The van der Waals surface area contributed by atoms with Gasteiger partial charge < -0.3 is 18.6 Å². The number of nitrogens with one attached hydrogen (secondary N) is 1. The molecule has 5 rings (SSSR count). The molecule has 8 heteroatoms. The second-order valence-corrected chi connectivity index (χ2v) is 13.3. The van der Waals surface area contributed by atoms with Crippen LogP contribution in [0.5, 0.6) is 17.2 Å². The molecule has 0 spiro atoms. The summed E-state index contributed by atoms with van der Waals surface area (Å²) >= 11 is 0. The van der Waals surface area contributed by atoms with Gasteiger partial charge in [-0.3, -0.25) is 5.32 Å². The third-order valence-electron chi connectivity index (χ3n) is 7.85. The van der Waals surface area contributed by atoms with Crippen LogP contribution in [-0.2, 0) is 22.9 Å². The van der Waals surface area contributed by atoms with Crippen molar-refractivity contribution in [1.82, 2.24) is 9.72 Å². The molecule has 1 N–H and O–H groups in total. The first-order valence-electron chi connectivity index (χ1n) is 15.4. The number of rotatable bonds is 14. The summed E-state index contributed by atoms with van der Waals surface area (Å²) in [5.41, 5.74) is 4.91. The minimum atomic E-state index is -3.75. The number of fused-ring (bicyclic) bond motifs is 1. The maximum absolute atomic E-state index is 13.8. The third kappa shape index (κ3) is 7.35. The summed E-state index contributed by atoms with van der Waals surface area (Å²) in [5, 5.41) is 3.80. The number of nitrogens with zero attached hydrogens (tertiary/aromatic N) is 1. The summed E-state index contributed by atoms with van der Waals surface area (Å²) in [4.78, 5) is 0.238. The van der Waals surface area contributed by atoms with E-state index in [1.165, 1.54) is 0 Å². The van der Waals surface area contributed by atoms with Crippen molar-refractivity contribution in [2.45, 2.75) is 69.2 Å². The molecule has 45 heavy (non-hydrogen) atoms. The molecule has 0 aliphatic heterocycles. The van der Waals surface area contributed by atoms with Gasteiger partial charge in [0.05, 0.1) is 12.0 Å². The van der Waals surface area contributed by atoms with Crippen molar-refractivity contribution in [1.29, 1.82) is 0 Å². The monoisotopic (exact) mass is 626 g/mol. The van der Waals surface area contributed by atoms with Crippen LogP contribution < -0.4 is 19.5 Å². The Morgan fingerprint density at radius 1 is 0.889 bits per heavy atom. The van der Waals surface area contributed by atoms with Crippen molar-refractivity contribution >= 4 is 15.4 Å². The lowest BCUT2D eigenvalue weighted by Gasteiger charge is -2.20. The lowest BCUT2D eigenvalue weighted by molar-refractivity contribution is 0.160. The summed E-state index contributed by atoms with van der Waals surface area (Å²) < 4.78 is 47.4. The molecule has 0 fully saturated rings. The first-order chi connectivity index (χ1) is 21.7. The molecule has 5 aromatic rings. The normalized spacial score (nSPS) is 12.4. The van der Waals surface area contributed by atoms with E-state index < -0.39 is 9.84 Å². The van der Waals surface area contributed by atoms with E-state index in [-0.39, 0.29) is 17.0 Å². The van der Waals surface area contributed by atoms with Crippen molar-refractivity contribution in [3.63, 3.8) is 0 Å². The van der Waals surface area contributed by atoms with Gasteiger partial charge in [-0.1, -0.05) is 63.2 Å². The molecule has 0 saturated carbocycles. The highest BCUT2D eigenvalue weighted by Crippen LogP contribution is 2.34. The zero-order valence-corrected chi connectivity index (χ0v) is 27.4. The van der Waals surface area contributed by atoms with Gasteiger partial charge >= 0.3 is 0 Å². The van der Waals surface area contributed by atoms with E-state index in [0.717, 1.165) is 52.1 Å². The Bertz CT molecular complexity index is 1830. The molecule has 0 saturated heterocycles. The van der Waals surface area contributed by atoms with Gasteiger partial charge in [0.2, 0.25) is 9.84 Å². The lowest BCUT2D eigenvalue weighted by atomic mass is 10.1. The number of benzene rings is 3. The highest BCUT2D eigenvalue weighted by molar-refractivity contribution is 7.91. The summed E-state index contributed by atoms with van der Waals surface area (Å²) in [5.74, 6) is 2.13. The van der Waals surface area contributed by atoms with Crippen LogP contribution in [0.25, 0.3) is 5.52 Å². The maximum atomic E-state index is 13.8. The molecule has 3 aromatic carbocycles. The van der Waals surface area contributed by atoms with Crippen molar-refractivity contribution in [2.75, 3.05) is 13.7 Å². The minimum Gasteiger partial charge on any atom is -0.493 e. The number of pyridine rings is 1. The second-order valence-electron chi connectivity index (χ2n) is 11.5. The van der Waals surface area contributed by atoms with Gasteiger partial charge in [0, 0.05) is 18.3 Å². The zero-order chi connectivity index (χ0) is 32.0. The van der Waals surface area contributed by atoms with Crippen molar-refractivity contribution in [3.8, 4) is 17.2 Å². The highest BCUT2D eigenvalue weighted by Gasteiger charge is 2.27. The quantitative estimate of drug-likeness (QED) is 0.127. The van der Waals surface area contributed by atoms with Crippen LogP contribution in [0.15, 0.2) is 107 Å². The van der Waals surface area contributed by atoms with Crippen LogP contribution in [0.1, 0.15) is 55.4 Å². The van der Waals surface area contributed by atoms with E-state index in [2.05, 4.69) is 18.3 Å². The van der Waals surface area contributed by atoms with Crippen LogP contribution in [0, 0.1) is 6.92 Å². The Morgan fingerprint density at radius 2 is 1.62 bits per heavy atom. The van der Waals surface area contributed by atoms with Gasteiger partial charge in [-0.25, -0.2) is 8.42 Å². The fourth-order valence-electron chi connectivity index (χ4n) is 5.50. The van der Waals surface area contributed by atoms with Gasteiger partial charge in [-0.2, -0.15) is 0 Å². The molecule has 7 nitrogen and oxygen atoms in total. The van der Waals surface area contributed by atoms with Crippen LogP contribution in [0.2, 0.25) is 0 Å². The summed E-state index contributed by atoms with van der Waals surface area (Å²) in [6.45, 7) is 9.25. The van der Waals surface area contributed by atoms with Crippen molar-refractivity contribution < 1.29 is 22.6 Å². The zero-order valence-electron chi connectivity index (χ0n) is 26.6. The van der Waals surface area contributed by atoms with E-state index in [9.17, 15) is 8.42 Å². The van der Waals surface area contributed by atoms with Gasteiger partial charge in [-0.05, 0) is 96.5 Å². The van der Waals surface area contributed by atoms with Gasteiger partial charge in [0.15, 0.2) is 11.5 Å². The molecular weight excluding hydrogens is 584 g/mol. The molecule has 1 atom stereocenters. The largest absolute Gasteiger partial charge is 0.493 e. The van der Waals surface area contributed by atoms with E-state index >= 15 is 0 Å². The van der Waals surface area contributed by atoms with E-state index in [1.807, 2.05) is 81.4 Å². The Kier molecular flexibility index (Phi) is 10.2. The third-order valence-corrected chi connectivity index (χ3v) is 9.68. The summed E-state index contributed by atoms with van der Waals surface area (Å²) in [7, 11) is -2.09. The van der Waals surface area contributed by atoms with Crippen molar-refractivity contribution in [2.24, 2.45) is 0 Å². The first-order valence-corrected chi connectivity index (χ1v) is 16.9. The molecule has 2 aromatic heterocycles. The van der Waals surface area contributed by atoms with E-state index in [4.69, 9.17) is 14.2 Å². The highest BCUT2D eigenvalue weighted by atomic mass is 32.2. The number of aryl methyl sites for hydroxylation is 1. The number of ether oxygens (including phenoxy) is 3. The van der Waals surface area contributed by atoms with Crippen LogP contribution >= 0.6 is 0 Å². The minimum absolute atomic E-state index is 0.0592. The molecule has 0 bridgehead atoms. The molecule has 0 aliphatic carbocycles. The fourth-order valence-corrected chi connectivity index (χ4v) is 7.25. The Morgan fingerprint density at radius 3 is 2.31 bits per heavy atom. The van der Waals surface area contributed by atoms with E-state index in [0.29, 0.717) is 23.9 Å². The number of methoxy groups -OCH3 is 1. The molecule has 0 aliphatic rings. The number of sulfone groups is 1. The average molecular weight is 627 g/mol. The first kappa shape index (κ1) is 32.1. The molecule has 0 amide bonds. The van der Waals surface area contributed by atoms with Gasteiger partial charge in [0.1, 0.15) is 23.6 Å². The summed E-state index contributed by atoms with van der Waals surface area (Å²) in [6.07, 6.45) is 3.07. The predicted molar refractivity (Wildman–Crippen MR) is 178 cm³/mol. The molecule has 0 radical (unpaired) electrons. The molecule has 1 unspecified atom stereocenters. The SMILES string of the molecule is CCC(NCCc1cc(C)c(OC)c(OCc2ccccc2)c1)Oc1ccc(S(=O)(=O)c2c(C(C)C)cc3ccccn23)cc1. The smallest absolute Gasteiger partial charge is 0.222 e. The molecular formula is C37H42N2O5S. The number of hydrogen-bond donors (Lipinski definition) is 1. The van der Waals surface area contributed by atoms with Crippen LogP contribution in [0.3, 0.4) is 0 Å². The maximum Gasteiger partial charge on any atom is 0.222 e. The van der Waals surface area contributed by atoms with E-state index in [1.54, 1.807) is 42.0 Å². The average Bonchev–Trinajstić information content (AvgIpc) is 3.45. The number of aromatic nitrogens is 1. The van der Waals surface area contributed by atoms with Crippen LogP contribution in [-0.4, -0.2) is 32.7 Å². The van der Waals surface area contributed by atoms with Gasteiger partial charge in [-0.15, -0.1) is 0 Å². The fraction of sp³-hybridized carbons (Fsp3) is 0.297. The van der Waals surface area contributed by atoms with Gasteiger partial charge in [0.25, 0.3) is 0 Å². The Balaban J connectivity index is 1.23. The predicted octanol–water partition coefficient (Wildman–Crippen LogP) is 7.74. The van der Waals surface area contributed by atoms with Crippen LogP contribution in [0.4, 0.5) is 0 Å². The summed E-state index contributed by atoms with van der Waals surface area (Å²) in [6, 6.07) is 28.6. The molecule has 236 valence electrons. The van der Waals surface area contributed by atoms with Crippen molar-refractivity contribution in [3.05, 3.63) is 119 Å². The lowest BCUT2D eigenvalue weighted by Crippen LogP contribution is -2.35. The Hall–Kier alpha value is -4.27.